The number of hydrogen-bond donors (Lipinski definition) is 2. The van der Waals surface area contributed by atoms with Crippen LogP contribution in [-0.4, -0.2) is 24.7 Å². The lowest BCUT2D eigenvalue weighted by atomic mass is 10.2. The summed E-state index contributed by atoms with van der Waals surface area (Å²) in [5, 5.41) is 18.7. The minimum atomic E-state index is -0.380. The third-order valence-corrected chi connectivity index (χ3v) is 3.38. The molecule has 0 aliphatic heterocycles. The van der Waals surface area contributed by atoms with Gasteiger partial charge in [-0.3, -0.25) is 9.78 Å². The van der Waals surface area contributed by atoms with Gasteiger partial charge in [0.1, 0.15) is 12.0 Å². The van der Waals surface area contributed by atoms with Crippen LogP contribution in [0.1, 0.15) is 5.69 Å². The summed E-state index contributed by atoms with van der Waals surface area (Å²) in [6.07, 6.45) is 5.11. The molecule has 22 heavy (non-hydrogen) atoms. The maximum Gasteiger partial charge on any atom is 0.181 e. The molecular weight excluding hydrogens is 306 g/mol. The fourth-order valence-electron chi connectivity index (χ4n) is 1.98. The first kappa shape index (κ1) is 14.1. The van der Waals surface area contributed by atoms with Crippen LogP contribution in [0.4, 0.5) is 0 Å². The van der Waals surface area contributed by atoms with Crippen molar-refractivity contribution in [2.45, 2.75) is 0 Å². The van der Waals surface area contributed by atoms with Gasteiger partial charge in [0.2, 0.25) is 0 Å². The average Bonchev–Trinajstić information content (AvgIpc) is 2.54. The first-order valence-corrected chi connectivity index (χ1v) is 6.65. The molecule has 0 unspecified atom stereocenters. The predicted octanol–water partition coefficient (Wildman–Crippen LogP) is 2.85. The van der Waals surface area contributed by atoms with Gasteiger partial charge in [0.05, 0.1) is 27.9 Å². The predicted molar refractivity (Wildman–Crippen MR) is 83.4 cm³/mol. The average molecular weight is 316 g/mol. The molecule has 0 aliphatic rings. The Labute approximate surface area is 129 Å². The summed E-state index contributed by atoms with van der Waals surface area (Å²) in [6.45, 7) is 0. The number of benzene rings is 1. The first-order chi connectivity index (χ1) is 10.6. The van der Waals surface area contributed by atoms with Crippen molar-refractivity contribution in [3.8, 4) is 5.69 Å². The van der Waals surface area contributed by atoms with Crippen molar-refractivity contribution >= 4 is 28.4 Å². The molecule has 2 heterocycles. The van der Waals surface area contributed by atoms with Gasteiger partial charge < -0.3 is 14.8 Å². The van der Waals surface area contributed by atoms with E-state index in [1.165, 1.54) is 18.3 Å². The minimum absolute atomic E-state index is 0.0936. The summed E-state index contributed by atoms with van der Waals surface area (Å²) in [5.41, 5.74) is 1.73. The second kappa shape index (κ2) is 5.50. The highest BCUT2D eigenvalue weighted by Crippen LogP contribution is 2.25. The largest absolute Gasteiger partial charge is 0.512 e. The molecule has 0 amide bonds. The third-order valence-electron chi connectivity index (χ3n) is 3.07. The molecule has 7 heteroatoms. The number of hydrogen-bond acceptors (Lipinski definition) is 5. The number of nitrogens with zero attached hydrogens (tertiary/aromatic N) is 3. The molecule has 0 spiro atoms. The Morgan fingerprint density at radius 3 is 2.64 bits per heavy atom. The van der Waals surface area contributed by atoms with E-state index >= 15 is 0 Å². The number of aromatic nitrogens is 3. The summed E-state index contributed by atoms with van der Waals surface area (Å²) >= 11 is 6.25. The third kappa shape index (κ3) is 2.51. The summed E-state index contributed by atoms with van der Waals surface area (Å²) in [4.78, 5) is 19.5. The van der Waals surface area contributed by atoms with Gasteiger partial charge in [-0.2, -0.15) is 0 Å². The van der Waals surface area contributed by atoms with E-state index in [0.29, 0.717) is 28.0 Å². The molecule has 0 fully saturated rings. The number of pyridine rings is 1. The van der Waals surface area contributed by atoms with Crippen molar-refractivity contribution < 1.29 is 10.2 Å². The zero-order valence-electron chi connectivity index (χ0n) is 11.1. The quantitative estimate of drug-likeness (QED) is 0.710. The van der Waals surface area contributed by atoms with E-state index in [-0.39, 0.29) is 16.9 Å². The Balaban J connectivity index is 2.17. The van der Waals surface area contributed by atoms with Crippen LogP contribution in [0.5, 0.6) is 0 Å². The summed E-state index contributed by atoms with van der Waals surface area (Å²) in [6, 6.07) is 6.18. The van der Waals surface area contributed by atoms with Gasteiger partial charge in [-0.05, 0) is 12.1 Å². The van der Waals surface area contributed by atoms with E-state index in [1.807, 2.05) is 0 Å². The van der Waals surface area contributed by atoms with Gasteiger partial charge in [-0.1, -0.05) is 11.6 Å². The normalized spacial score (nSPS) is 11.8. The van der Waals surface area contributed by atoms with Crippen LogP contribution in [0.3, 0.4) is 0 Å². The zero-order chi connectivity index (χ0) is 15.7. The molecule has 1 aromatic carbocycles. The molecule has 2 N–H and O–H groups in total. The van der Waals surface area contributed by atoms with E-state index in [1.54, 1.807) is 29.1 Å². The lowest BCUT2D eigenvalue weighted by molar-refractivity contribution is 0.430. The monoisotopic (exact) mass is 315 g/mol. The highest BCUT2D eigenvalue weighted by atomic mass is 35.5. The number of aliphatic hydroxyl groups excluding tert-OH is 2. The highest BCUT2D eigenvalue weighted by Gasteiger charge is 2.09. The zero-order valence-corrected chi connectivity index (χ0v) is 11.9. The van der Waals surface area contributed by atoms with Crippen molar-refractivity contribution in [1.29, 1.82) is 0 Å². The first-order valence-electron chi connectivity index (χ1n) is 6.27. The summed E-state index contributed by atoms with van der Waals surface area (Å²) in [7, 11) is 0. The smallest absolute Gasteiger partial charge is 0.181 e. The number of fused-ring (bicyclic) bond motifs is 1. The van der Waals surface area contributed by atoms with Crippen molar-refractivity contribution in [3.63, 3.8) is 0 Å². The molecule has 6 nitrogen and oxygen atoms in total. The molecule has 3 rings (SSSR count). The molecule has 0 saturated carbocycles. The molecule has 0 bridgehead atoms. The molecule has 0 saturated heterocycles. The second-order valence-electron chi connectivity index (χ2n) is 4.50. The SMILES string of the molecule is O=c1ccn(-c2cc3ncc(C(O)=CO)nc3cc2Cl)cc1. The highest BCUT2D eigenvalue weighted by molar-refractivity contribution is 6.33. The Morgan fingerprint density at radius 2 is 1.95 bits per heavy atom. The van der Waals surface area contributed by atoms with Gasteiger partial charge in [-0.25, -0.2) is 4.98 Å². The van der Waals surface area contributed by atoms with E-state index < -0.39 is 0 Å². The number of aliphatic hydroxyl groups is 2. The van der Waals surface area contributed by atoms with Gasteiger partial charge >= 0.3 is 0 Å². The van der Waals surface area contributed by atoms with Crippen LogP contribution in [0.15, 0.2) is 53.9 Å². The standard InChI is InChI=1S/C15H10ClN3O3/c16-10-5-12-11(17-7-13(18-12)15(22)8-20)6-14(10)19-3-1-9(21)2-4-19/h1-8,20,22H. The summed E-state index contributed by atoms with van der Waals surface area (Å²) < 4.78 is 1.70. The van der Waals surface area contributed by atoms with Crippen LogP contribution in [0, 0.1) is 0 Å². The van der Waals surface area contributed by atoms with Crippen LogP contribution < -0.4 is 5.43 Å². The minimum Gasteiger partial charge on any atom is -0.512 e. The van der Waals surface area contributed by atoms with Gasteiger partial charge in [-0.15, -0.1) is 0 Å². The summed E-state index contributed by atoms with van der Waals surface area (Å²) in [5.74, 6) is -0.380. The lowest BCUT2D eigenvalue weighted by Crippen LogP contribution is -2.03. The van der Waals surface area contributed by atoms with Crippen LogP contribution in [0.2, 0.25) is 5.02 Å². The molecular formula is C15H10ClN3O3. The molecule has 2 aromatic heterocycles. The fraction of sp³-hybridized carbons (Fsp3) is 0. The number of halogens is 1. The Morgan fingerprint density at radius 1 is 1.23 bits per heavy atom. The Hall–Kier alpha value is -2.86. The molecule has 0 atom stereocenters. The van der Waals surface area contributed by atoms with Crippen LogP contribution in [-0.2, 0) is 0 Å². The van der Waals surface area contributed by atoms with Crippen molar-refractivity contribution in [2.75, 3.05) is 0 Å². The van der Waals surface area contributed by atoms with E-state index in [4.69, 9.17) is 16.7 Å². The fourth-order valence-corrected chi connectivity index (χ4v) is 2.24. The van der Waals surface area contributed by atoms with Gasteiger partial charge in [0.15, 0.2) is 11.2 Å². The maximum atomic E-state index is 11.2. The van der Waals surface area contributed by atoms with Crippen molar-refractivity contribution in [1.82, 2.24) is 14.5 Å². The number of rotatable bonds is 2. The molecule has 0 aliphatic carbocycles. The second-order valence-corrected chi connectivity index (χ2v) is 4.91. The van der Waals surface area contributed by atoms with Crippen molar-refractivity contribution in [3.05, 3.63) is 70.1 Å². The van der Waals surface area contributed by atoms with E-state index in [2.05, 4.69) is 9.97 Å². The van der Waals surface area contributed by atoms with E-state index in [9.17, 15) is 9.90 Å². The maximum absolute atomic E-state index is 11.2. The van der Waals surface area contributed by atoms with Gasteiger partial charge in [0.25, 0.3) is 0 Å². The topological polar surface area (TPSA) is 88.2 Å². The van der Waals surface area contributed by atoms with Crippen LogP contribution >= 0.6 is 11.6 Å². The van der Waals surface area contributed by atoms with E-state index in [0.717, 1.165) is 0 Å². The molecule has 110 valence electrons. The Bertz CT molecular complexity index is 930. The Kier molecular flexibility index (Phi) is 3.52. The van der Waals surface area contributed by atoms with Crippen molar-refractivity contribution in [2.24, 2.45) is 0 Å². The molecule has 3 aromatic rings. The van der Waals surface area contributed by atoms with Crippen LogP contribution in [0.25, 0.3) is 22.5 Å². The molecule has 0 radical (unpaired) electrons. The lowest BCUT2D eigenvalue weighted by Gasteiger charge is -2.09. The van der Waals surface area contributed by atoms with Gasteiger partial charge in [0, 0.05) is 24.5 Å².